The summed E-state index contributed by atoms with van der Waals surface area (Å²) < 4.78 is 10.5. The van der Waals surface area contributed by atoms with Crippen LogP contribution < -0.4 is 14.4 Å². The van der Waals surface area contributed by atoms with Gasteiger partial charge in [0.2, 0.25) is 0 Å². The molecule has 0 aliphatic carbocycles. The molecule has 110 valence electrons. The lowest BCUT2D eigenvalue weighted by Gasteiger charge is -2.31. The van der Waals surface area contributed by atoms with E-state index < -0.39 is 0 Å². The number of fused-ring (bicyclic) bond motifs is 1. The average molecular weight is 306 g/mol. The minimum Gasteiger partial charge on any atom is -0.496 e. The molecule has 0 N–H and O–H groups in total. The van der Waals surface area contributed by atoms with E-state index in [1.165, 1.54) is 11.1 Å². The Balaban J connectivity index is 1.93. The van der Waals surface area contributed by atoms with Crippen molar-refractivity contribution in [2.24, 2.45) is 0 Å². The minimum absolute atomic E-state index is 0.325. The van der Waals surface area contributed by atoms with E-state index in [0.29, 0.717) is 16.9 Å². The molecule has 6 heteroatoms. The summed E-state index contributed by atoms with van der Waals surface area (Å²) in [5.74, 6) is 1.65. The number of aromatic nitrogens is 2. The van der Waals surface area contributed by atoms with Crippen LogP contribution in [-0.4, -0.2) is 30.7 Å². The summed E-state index contributed by atoms with van der Waals surface area (Å²) in [5.41, 5.74) is 2.49. The SMILES string of the molecule is COc1ncc(Cl)c(N2CCc3c(cccc3OC)C2)n1. The summed E-state index contributed by atoms with van der Waals surface area (Å²) >= 11 is 6.23. The van der Waals surface area contributed by atoms with Crippen molar-refractivity contribution in [3.8, 4) is 11.8 Å². The monoisotopic (exact) mass is 305 g/mol. The second-order valence-electron chi connectivity index (χ2n) is 4.80. The maximum atomic E-state index is 6.23. The van der Waals surface area contributed by atoms with Gasteiger partial charge in [0.1, 0.15) is 10.8 Å². The molecule has 0 saturated heterocycles. The Morgan fingerprint density at radius 2 is 2.10 bits per heavy atom. The van der Waals surface area contributed by atoms with Crippen molar-refractivity contribution < 1.29 is 9.47 Å². The molecule has 0 saturated carbocycles. The molecule has 0 unspecified atom stereocenters. The summed E-state index contributed by atoms with van der Waals surface area (Å²) in [5, 5.41) is 0.530. The molecule has 0 fully saturated rings. The van der Waals surface area contributed by atoms with E-state index in [1.807, 2.05) is 12.1 Å². The highest BCUT2D eigenvalue weighted by atomic mass is 35.5. The lowest BCUT2D eigenvalue weighted by Crippen LogP contribution is -2.31. The van der Waals surface area contributed by atoms with Gasteiger partial charge < -0.3 is 14.4 Å². The fourth-order valence-electron chi connectivity index (χ4n) is 2.61. The van der Waals surface area contributed by atoms with Crippen LogP contribution in [0.1, 0.15) is 11.1 Å². The van der Waals surface area contributed by atoms with Gasteiger partial charge in [0.05, 0.1) is 20.4 Å². The van der Waals surface area contributed by atoms with Crippen molar-refractivity contribution in [1.29, 1.82) is 0 Å². The maximum absolute atomic E-state index is 6.23. The Labute approximate surface area is 128 Å². The van der Waals surface area contributed by atoms with Crippen molar-refractivity contribution in [3.63, 3.8) is 0 Å². The molecule has 21 heavy (non-hydrogen) atoms. The molecule has 1 aromatic heterocycles. The highest BCUT2D eigenvalue weighted by molar-refractivity contribution is 6.32. The highest BCUT2D eigenvalue weighted by Gasteiger charge is 2.22. The molecule has 0 amide bonds. The first-order chi connectivity index (χ1) is 10.2. The van der Waals surface area contributed by atoms with Gasteiger partial charge in [-0.1, -0.05) is 23.7 Å². The Hall–Kier alpha value is -2.01. The van der Waals surface area contributed by atoms with Crippen LogP contribution in [0.25, 0.3) is 0 Å². The zero-order valence-electron chi connectivity index (χ0n) is 12.0. The van der Waals surface area contributed by atoms with Gasteiger partial charge in [-0.25, -0.2) is 4.98 Å². The van der Waals surface area contributed by atoms with Gasteiger partial charge in [0.25, 0.3) is 0 Å². The molecule has 0 spiro atoms. The molecule has 0 bridgehead atoms. The number of hydrogen-bond acceptors (Lipinski definition) is 5. The number of benzene rings is 1. The second kappa shape index (κ2) is 5.77. The molecule has 1 aromatic carbocycles. The van der Waals surface area contributed by atoms with Crippen LogP contribution in [0.5, 0.6) is 11.8 Å². The zero-order chi connectivity index (χ0) is 14.8. The van der Waals surface area contributed by atoms with E-state index in [4.69, 9.17) is 21.1 Å². The number of methoxy groups -OCH3 is 2. The molecule has 1 aliphatic rings. The third-order valence-corrected chi connectivity index (χ3v) is 3.90. The van der Waals surface area contributed by atoms with Crippen LogP contribution in [0.4, 0.5) is 5.82 Å². The zero-order valence-corrected chi connectivity index (χ0v) is 12.7. The maximum Gasteiger partial charge on any atom is 0.318 e. The Morgan fingerprint density at radius 3 is 2.86 bits per heavy atom. The Kier molecular flexibility index (Phi) is 3.84. The second-order valence-corrected chi connectivity index (χ2v) is 5.20. The third kappa shape index (κ3) is 2.61. The van der Waals surface area contributed by atoms with E-state index in [0.717, 1.165) is 25.3 Å². The summed E-state index contributed by atoms with van der Waals surface area (Å²) in [7, 11) is 3.25. The van der Waals surface area contributed by atoms with E-state index in [1.54, 1.807) is 20.4 Å². The van der Waals surface area contributed by atoms with E-state index in [2.05, 4.69) is 20.9 Å². The van der Waals surface area contributed by atoms with Crippen LogP contribution in [0.15, 0.2) is 24.4 Å². The van der Waals surface area contributed by atoms with Crippen molar-refractivity contribution in [2.75, 3.05) is 25.7 Å². The van der Waals surface area contributed by atoms with Crippen LogP contribution in [0.2, 0.25) is 5.02 Å². The molecule has 0 atom stereocenters. The minimum atomic E-state index is 0.325. The van der Waals surface area contributed by atoms with Gasteiger partial charge in [-0.15, -0.1) is 0 Å². The van der Waals surface area contributed by atoms with E-state index in [-0.39, 0.29) is 0 Å². The largest absolute Gasteiger partial charge is 0.496 e. The lowest BCUT2D eigenvalue weighted by atomic mass is 9.99. The first-order valence-electron chi connectivity index (χ1n) is 6.69. The molecular formula is C15H16ClN3O2. The topological polar surface area (TPSA) is 47.5 Å². The molecule has 3 rings (SSSR count). The molecule has 0 radical (unpaired) electrons. The van der Waals surface area contributed by atoms with Crippen LogP contribution in [0, 0.1) is 0 Å². The van der Waals surface area contributed by atoms with Crippen LogP contribution >= 0.6 is 11.6 Å². The number of halogens is 1. The first kappa shape index (κ1) is 13.9. The number of anilines is 1. The fraction of sp³-hybridized carbons (Fsp3) is 0.333. The van der Waals surface area contributed by atoms with Crippen molar-refractivity contribution >= 4 is 17.4 Å². The Bertz CT molecular complexity index is 663. The third-order valence-electron chi connectivity index (χ3n) is 3.63. The number of ether oxygens (including phenoxy) is 2. The van der Waals surface area contributed by atoms with Gasteiger partial charge in [-0.05, 0) is 18.1 Å². The van der Waals surface area contributed by atoms with Crippen molar-refractivity contribution in [3.05, 3.63) is 40.5 Å². The number of hydrogen-bond donors (Lipinski definition) is 0. The van der Waals surface area contributed by atoms with Crippen molar-refractivity contribution in [2.45, 2.75) is 13.0 Å². The normalized spacial score (nSPS) is 13.8. The summed E-state index contributed by atoms with van der Waals surface area (Å²) in [6.45, 7) is 1.57. The Morgan fingerprint density at radius 1 is 1.24 bits per heavy atom. The first-order valence-corrected chi connectivity index (χ1v) is 7.07. The summed E-state index contributed by atoms with van der Waals surface area (Å²) in [6, 6.07) is 6.43. The van der Waals surface area contributed by atoms with Crippen molar-refractivity contribution in [1.82, 2.24) is 9.97 Å². The van der Waals surface area contributed by atoms with Gasteiger partial charge in [0.15, 0.2) is 5.82 Å². The number of nitrogens with zero attached hydrogens (tertiary/aromatic N) is 3. The molecule has 1 aliphatic heterocycles. The van der Waals surface area contributed by atoms with Gasteiger partial charge in [-0.2, -0.15) is 4.98 Å². The molecular weight excluding hydrogens is 290 g/mol. The molecule has 2 heterocycles. The average Bonchev–Trinajstić information content (AvgIpc) is 2.54. The predicted molar refractivity (Wildman–Crippen MR) is 81.3 cm³/mol. The predicted octanol–water partition coefficient (Wildman–Crippen LogP) is 2.71. The number of rotatable bonds is 3. The van der Waals surface area contributed by atoms with Gasteiger partial charge in [-0.3, -0.25) is 0 Å². The molecule has 5 nitrogen and oxygen atoms in total. The van der Waals surface area contributed by atoms with Crippen LogP contribution in [0.3, 0.4) is 0 Å². The van der Waals surface area contributed by atoms with Crippen LogP contribution in [-0.2, 0) is 13.0 Å². The van der Waals surface area contributed by atoms with Gasteiger partial charge in [0, 0.05) is 18.7 Å². The van der Waals surface area contributed by atoms with E-state index >= 15 is 0 Å². The van der Waals surface area contributed by atoms with Gasteiger partial charge >= 0.3 is 6.01 Å². The standard InChI is InChI=1S/C15H16ClN3O2/c1-20-13-5-3-4-10-9-19(7-6-11(10)13)14-12(16)8-17-15(18-14)21-2/h3-5,8H,6-7,9H2,1-2H3. The fourth-order valence-corrected chi connectivity index (χ4v) is 2.82. The summed E-state index contributed by atoms with van der Waals surface area (Å²) in [4.78, 5) is 10.5. The summed E-state index contributed by atoms with van der Waals surface area (Å²) in [6.07, 6.45) is 2.46. The quantitative estimate of drug-likeness (QED) is 0.872. The smallest absolute Gasteiger partial charge is 0.318 e. The molecule has 2 aromatic rings. The van der Waals surface area contributed by atoms with E-state index in [9.17, 15) is 0 Å². The lowest BCUT2D eigenvalue weighted by molar-refractivity contribution is 0.379. The highest BCUT2D eigenvalue weighted by Crippen LogP contribution is 2.32.